The summed E-state index contributed by atoms with van der Waals surface area (Å²) in [5.74, 6) is 0.190. The Bertz CT molecular complexity index is 729. The maximum Gasteiger partial charge on any atom is 0.407 e. The minimum absolute atomic E-state index is 0.0414. The van der Waals surface area contributed by atoms with Crippen LogP contribution in [-0.4, -0.2) is 30.7 Å². The summed E-state index contributed by atoms with van der Waals surface area (Å²) < 4.78 is 38.8. The van der Waals surface area contributed by atoms with Gasteiger partial charge in [0.2, 0.25) is 0 Å². The third-order valence-electron chi connectivity index (χ3n) is 4.92. The summed E-state index contributed by atoms with van der Waals surface area (Å²) in [4.78, 5) is 11.9. The number of hydrogen-bond acceptors (Lipinski definition) is 4. The molecule has 1 unspecified atom stereocenters. The summed E-state index contributed by atoms with van der Waals surface area (Å²) in [6, 6.07) is 7.29. The van der Waals surface area contributed by atoms with Gasteiger partial charge in [-0.3, -0.25) is 4.55 Å². The highest BCUT2D eigenvalue weighted by Crippen LogP contribution is 2.36. The molecular weight excluding hydrogens is 366 g/mol. The zero-order valence-electron chi connectivity index (χ0n) is 16.6. The molecule has 0 bridgehead atoms. The minimum atomic E-state index is -4.17. The maximum absolute atomic E-state index is 11.9. The first-order valence-electron chi connectivity index (χ1n) is 9.46. The second-order valence-corrected chi connectivity index (χ2v) is 10.1. The van der Waals surface area contributed by atoms with Crippen molar-refractivity contribution < 1.29 is 22.5 Å². The predicted molar refractivity (Wildman–Crippen MR) is 105 cm³/mol. The molecule has 1 aromatic carbocycles. The van der Waals surface area contributed by atoms with Gasteiger partial charge in [-0.25, -0.2) is 4.79 Å². The lowest BCUT2D eigenvalue weighted by Gasteiger charge is -2.31. The van der Waals surface area contributed by atoms with Crippen LogP contribution in [0.1, 0.15) is 69.3 Å². The van der Waals surface area contributed by atoms with Crippen LogP contribution in [0.3, 0.4) is 0 Å². The van der Waals surface area contributed by atoms with E-state index in [-0.39, 0.29) is 12.0 Å². The van der Waals surface area contributed by atoms with Gasteiger partial charge in [-0.15, -0.1) is 0 Å². The molecule has 2 N–H and O–H groups in total. The van der Waals surface area contributed by atoms with Crippen LogP contribution in [0.15, 0.2) is 24.3 Å². The van der Waals surface area contributed by atoms with E-state index < -0.39 is 27.1 Å². The van der Waals surface area contributed by atoms with Gasteiger partial charge in [0.05, 0.1) is 0 Å². The second kappa shape index (κ2) is 8.61. The highest BCUT2D eigenvalue weighted by molar-refractivity contribution is 7.86. The first-order valence-corrected chi connectivity index (χ1v) is 11.0. The largest absolute Gasteiger partial charge is 0.444 e. The van der Waals surface area contributed by atoms with E-state index in [1.54, 1.807) is 12.1 Å². The highest BCUT2D eigenvalue weighted by atomic mass is 32.2. The van der Waals surface area contributed by atoms with Crippen molar-refractivity contribution in [2.24, 2.45) is 5.92 Å². The monoisotopic (exact) mass is 397 g/mol. The van der Waals surface area contributed by atoms with Gasteiger partial charge >= 0.3 is 6.09 Å². The number of nitrogens with one attached hydrogen (secondary N) is 1. The molecule has 1 atom stereocenters. The summed E-state index contributed by atoms with van der Waals surface area (Å²) in [6.45, 7) is 7.41. The average molecular weight is 398 g/mol. The first-order chi connectivity index (χ1) is 12.4. The molecule has 0 radical (unpaired) electrons. The van der Waals surface area contributed by atoms with Crippen LogP contribution in [0.4, 0.5) is 4.79 Å². The number of alkyl carbamates (subject to hydrolysis) is 1. The molecule has 0 aliphatic heterocycles. The highest BCUT2D eigenvalue weighted by Gasteiger charge is 2.31. The summed E-state index contributed by atoms with van der Waals surface area (Å²) in [7, 11) is -4.17. The van der Waals surface area contributed by atoms with E-state index in [4.69, 9.17) is 4.74 Å². The summed E-state index contributed by atoms with van der Waals surface area (Å²) >= 11 is 0. The van der Waals surface area contributed by atoms with Crippen LogP contribution in [-0.2, 0) is 14.9 Å². The van der Waals surface area contributed by atoms with Gasteiger partial charge in [-0.05, 0) is 71.3 Å². The van der Waals surface area contributed by atoms with Gasteiger partial charge in [-0.2, -0.15) is 8.42 Å². The molecule has 1 saturated carbocycles. The van der Waals surface area contributed by atoms with Crippen molar-refractivity contribution >= 4 is 16.2 Å². The molecule has 1 aromatic rings. The molecule has 0 heterocycles. The van der Waals surface area contributed by atoms with Gasteiger partial charge in [-0.1, -0.05) is 29.8 Å². The SMILES string of the molecule is Cc1ccc(C(CC2CCC(NC(=O)OC(C)(C)C)CC2)S(=O)(=O)O)cc1. The molecular formula is C20H31NO5S. The molecule has 1 aliphatic carbocycles. The normalized spacial score (nSPS) is 22.1. The van der Waals surface area contributed by atoms with Crippen molar-refractivity contribution in [3.05, 3.63) is 35.4 Å². The Kier molecular flexibility index (Phi) is 6.92. The fourth-order valence-corrected chi connectivity index (χ4v) is 4.55. The molecule has 1 amide bonds. The number of rotatable bonds is 5. The quantitative estimate of drug-likeness (QED) is 0.719. The molecule has 0 saturated heterocycles. The first kappa shape index (κ1) is 21.7. The van der Waals surface area contributed by atoms with Gasteiger partial charge < -0.3 is 10.1 Å². The van der Waals surface area contributed by atoms with Gasteiger partial charge in [0.1, 0.15) is 10.9 Å². The summed E-state index contributed by atoms with van der Waals surface area (Å²) in [6.07, 6.45) is 3.13. The van der Waals surface area contributed by atoms with Crippen LogP contribution >= 0.6 is 0 Å². The number of carbonyl (C=O) groups excluding carboxylic acids is 1. The lowest BCUT2D eigenvalue weighted by Crippen LogP contribution is -2.41. The van der Waals surface area contributed by atoms with Crippen molar-refractivity contribution in [2.75, 3.05) is 0 Å². The number of carbonyl (C=O) groups is 1. The number of hydrogen-bond donors (Lipinski definition) is 2. The number of benzene rings is 1. The summed E-state index contributed by atoms with van der Waals surface area (Å²) in [5.41, 5.74) is 1.14. The van der Waals surface area contributed by atoms with Crippen molar-refractivity contribution in [2.45, 2.75) is 76.7 Å². The van der Waals surface area contributed by atoms with Crippen molar-refractivity contribution in [3.8, 4) is 0 Å². The number of aryl methyl sites for hydroxylation is 1. The van der Waals surface area contributed by atoms with Crippen molar-refractivity contribution in [1.29, 1.82) is 0 Å². The molecule has 1 aliphatic rings. The fraction of sp³-hybridized carbons (Fsp3) is 0.650. The van der Waals surface area contributed by atoms with Crippen molar-refractivity contribution in [1.82, 2.24) is 5.32 Å². The molecule has 6 nitrogen and oxygen atoms in total. The molecule has 152 valence electrons. The minimum Gasteiger partial charge on any atom is -0.444 e. The third-order valence-corrected chi connectivity index (χ3v) is 6.11. The molecule has 2 rings (SSSR count). The lowest BCUT2D eigenvalue weighted by molar-refractivity contribution is 0.0486. The average Bonchev–Trinajstić information content (AvgIpc) is 2.52. The number of amides is 1. The lowest BCUT2D eigenvalue weighted by atomic mass is 9.82. The van der Waals surface area contributed by atoms with E-state index >= 15 is 0 Å². The fourth-order valence-electron chi connectivity index (χ4n) is 3.53. The Balaban J connectivity index is 1.92. The Hall–Kier alpha value is -1.60. The van der Waals surface area contributed by atoms with Crippen LogP contribution in [0.5, 0.6) is 0 Å². The number of ether oxygens (including phenoxy) is 1. The standard InChI is InChI=1S/C20H31NO5S/c1-14-5-9-16(10-6-14)18(27(23,24)25)13-15-7-11-17(12-8-15)21-19(22)26-20(2,3)4/h5-6,9-10,15,17-18H,7-8,11-13H2,1-4H3,(H,21,22)(H,23,24,25). The smallest absolute Gasteiger partial charge is 0.407 e. The van der Waals surface area contributed by atoms with E-state index in [9.17, 15) is 17.8 Å². The van der Waals surface area contributed by atoms with E-state index in [2.05, 4.69) is 5.32 Å². The topological polar surface area (TPSA) is 92.7 Å². The molecule has 7 heteroatoms. The second-order valence-electron chi connectivity index (χ2n) is 8.51. The zero-order valence-corrected chi connectivity index (χ0v) is 17.4. The summed E-state index contributed by atoms with van der Waals surface area (Å²) in [5, 5.41) is 1.98. The van der Waals surface area contributed by atoms with E-state index in [0.717, 1.165) is 31.2 Å². The molecule has 27 heavy (non-hydrogen) atoms. The van der Waals surface area contributed by atoms with Crippen LogP contribution < -0.4 is 5.32 Å². The third kappa shape index (κ3) is 7.14. The van der Waals surface area contributed by atoms with E-state index in [0.29, 0.717) is 12.0 Å². The van der Waals surface area contributed by atoms with Gasteiger partial charge in [0.25, 0.3) is 10.1 Å². The maximum atomic E-state index is 11.9. The van der Waals surface area contributed by atoms with Crippen LogP contribution in [0.2, 0.25) is 0 Å². The van der Waals surface area contributed by atoms with Gasteiger partial charge in [0, 0.05) is 6.04 Å². The Morgan fingerprint density at radius 3 is 2.22 bits per heavy atom. The van der Waals surface area contributed by atoms with Crippen molar-refractivity contribution in [3.63, 3.8) is 0 Å². The zero-order chi connectivity index (χ0) is 20.2. The van der Waals surface area contributed by atoms with E-state index in [1.165, 1.54) is 0 Å². The van der Waals surface area contributed by atoms with Crippen LogP contribution in [0.25, 0.3) is 0 Å². The molecule has 1 fully saturated rings. The predicted octanol–water partition coefficient (Wildman–Crippen LogP) is 4.40. The Morgan fingerprint density at radius 2 is 1.74 bits per heavy atom. The Labute approximate surface area is 162 Å². The molecule has 0 aromatic heterocycles. The van der Waals surface area contributed by atoms with E-state index in [1.807, 2.05) is 39.8 Å². The van der Waals surface area contributed by atoms with Crippen LogP contribution in [0, 0.1) is 12.8 Å². The molecule has 0 spiro atoms. The van der Waals surface area contributed by atoms with Gasteiger partial charge in [0.15, 0.2) is 0 Å². The Morgan fingerprint density at radius 1 is 1.19 bits per heavy atom.